The topological polar surface area (TPSA) is 71.1 Å². The zero-order valence-corrected chi connectivity index (χ0v) is 14.7. The van der Waals surface area contributed by atoms with Crippen LogP contribution >= 0.6 is 11.3 Å². The third-order valence-electron chi connectivity index (χ3n) is 4.20. The van der Waals surface area contributed by atoms with Crippen molar-refractivity contribution in [2.45, 2.75) is 12.8 Å². The standard InChI is InChI=1S/C19H13F2N3O2S/c20-12-3-4-13(14(21)8-12)18(26)24-19-23-16(9-27-19)11-1-5-15-10(7-11)2-6-17(25)22-15/h1,3-5,7-9H,2,6H2,(H,22,25)(H,23,24,26). The molecular formula is C19H13F2N3O2S. The Balaban J connectivity index is 1.53. The van der Waals surface area contributed by atoms with Gasteiger partial charge in [0.05, 0.1) is 11.3 Å². The van der Waals surface area contributed by atoms with Crippen molar-refractivity contribution in [1.82, 2.24) is 4.98 Å². The molecule has 3 aromatic rings. The number of carbonyl (C=O) groups is 2. The van der Waals surface area contributed by atoms with E-state index in [0.717, 1.165) is 28.9 Å². The normalized spacial score (nSPS) is 13.0. The van der Waals surface area contributed by atoms with Gasteiger partial charge in [-0.1, -0.05) is 6.07 Å². The lowest BCUT2D eigenvalue weighted by Crippen LogP contribution is -2.18. The Morgan fingerprint density at radius 2 is 2.00 bits per heavy atom. The molecule has 2 aromatic carbocycles. The molecule has 136 valence electrons. The molecule has 0 spiro atoms. The van der Waals surface area contributed by atoms with Gasteiger partial charge in [0.1, 0.15) is 11.6 Å². The van der Waals surface area contributed by atoms with E-state index in [2.05, 4.69) is 15.6 Å². The van der Waals surface area contributed by atoms with E-state index in [9.17, 15) is 18.4 Å². The molecule has 0 bridgehead atoms. The molecule has 2 amide bonds. The van der Waals surface area contributed by atoms with Crippen molar-refractivity contribution in [2.75, 3.05) is 10.6 Å². The first-order chi connectivity index (χ1) is 13.0. The molecule has 1 aliphatic rings. The maximum atomic E-state index is 13.7. The smallest absolute Gasteiger partial charge is 0.260 e. The minimum Gasteiger partial charge on any atom is -0.326 e. The van der Waals surface area contributed by atoms with Crippen molar-refractivity contribution < 1.29 is 18.4 Å². The molecule has 1 aromatic heterocycles. The second kappa shape index (κ2) is 6.88. The summed E-state index contributed by atoms with van der Waals surface area (Å²) >= 11 is 1.20. The fourth-order valence-corrected chi connectivity index (χ4v) is 3.56. The number of rotatable bonds is 3. The van der Waals surface area contributed by atoms with Crippen molar-refractivity contribution >= 4 is 34.0 Å². The van der Waals surface area contributed by atoms with E-state index in [1.807, 2.05) is 18.2 Å². The molecule has 2 heterocycles. The van der Waals surface area contributed by atoms with Crippen LogP contribution in [0.5, 0.6) is 0 Å². The number of nitrogens with one attached hydrogen (secondary N) is 2. The molecule has 0 atom stereocenters. The Kier molecular flexibility index (Phi) is 4.41. The van der Waals surface area contributed by atoms with Crippen LogP contribution in [0.25, 0.3) is 11.3 Å². The molecule has 27 heavy (non-hydrogen) atoms. The molecule has 0 saturated carbocycles. The van der Waals surface area contributed by atoms with Gasteiger partial charge < -0.3 is 5.32 Å². The lowest BCUT2D eigenvalue weighted by Gasteiger charge is -2.17. The summed E-state index contributed by atoms with van der Waals surface area (Å²) in [5.41, 5.74) is 3.09. The maximum absolute atomic E-state index is 13.7. The molecule has 5 nitrogen and oxygen atoms in total. The summed E-state index contributed by atoms with van der Waals surface area (Å²) in [5, 5.41) is 7.43. The van der Waals surface area contributed by atoms with Crippen molar-refractivity contribution in [3.05, 3.63) is 64.5 Å². The molecule has 0 fully saturated rings. The van der Waals surface area contributed by atoms with Crippen molar-refractivity contribution in [3.8, 4) is 11.3 Å². The highest BCUT2D eigenvalue weighted by molar-refractivity contribution is 7.14. The molecule has 8 heteroatoms. The third-order valence-corrected chi connectivity index (χ3v) is 4.95. The SMILES string of the molecule is O=C1CCc2cc(-c3csc(NC(=O)c4ccc(F)cc4F)n3)ccc2N1. The van der Waals surface area contributed by atoms with Crippen LogP contribution in [-0.4, -0.2) is 16.8 Å². The number of thiazole rings is 1. The number of aryl methyl sites for hydroxylation is 1. The number of hydrogen-bond acceptors (Lipinski definition) is 4. The molecule has 0 aliphatic carbocycles. The van der Waals surface area contributed by atoms with E-state index in [1.165, 1.54) is 11.3 Å². The first-order valence-corrected chi connectivity index (χ1v) is 9.02. The number of fused-ring (bicyclic) bond motifs is 1. The minimum atomic E-state index is -0.930. The van der Waals surface area contributed by atoms with Crippen molar-refractivity contribution in [2.24, 2.45) is 0 Å². The van der Waals surface area contributed by atoms with E-state index in [0.29, 0.717) is 29.7 Å². The summed E-state index contributed by atoms with van der Waals surface area (Å²) in [6.45, 7) is 0. The van der Waals surface area contributed by atoms with E-state index in [4.69, 9.17) is 0 Å². The molecule has 4 rings (SSSR count). The summed E-state index contributed by atoms with van der Waals surface area (Å²) < 4.78 is 26.7. The average molecular weight is 385 g/mol. The van der Waals surface area contributed by atoms with Crippen LogP contribution in [0, 0.1) is 11.6 Å². The van der Waals surface area contributed by atoms with Crippen molar-refractivity contribution in [3.63, 3.8) is 0 Å². The van der Waals surface area contributed by atoms with Crippen LogP contribution in [0.4, 0.5) is 19.6 Å². The molecule has 1 aliphatic heterocycles. The highest BCUT2D eigenvalue weighted by Gasteiger charge is 2.17. The summed E-state index contributed by atoms with van der Waals surface area (Å²) in [5.74, 6) is -2.37. The molecule has 0 radical (unpaired) electrons. The molecule has 2 N–H and O–H groups in total. The number of nitrogens with zero attached hydrogens (tertiary/aromatic N) is 1. The van der Waals surface area contributed by atoms with Gasteiger partial charge in [-0.2, -0.15) is 0 Å². The number of benzene rings is 2. The van der Waals surface area contributed by atoms with Crippen LogP contribution in [0.2, 0.25) is 0 Å². The zero-order valence-electron chi connectivity index (χ0n) is 13.9. The fraction of sp³-hybridized carbons (Fsp3) is 0.105. The maximum Gasteiger partial charge on any atom is 0.260 e. The van der Waals surface area contributed by atoms with Gasteiger partial charge in [-0.05, 0) is 36.2 Å². The predicted molar refractivity (Wildman–Crippen MR) is 98.8 cm³/mol. The lowest BCUT2D eigenvalue weighted by molar-refractivity contribution is -0.116. The van der Waals surface area contributed by atoms with Gasteiger partial charge in [-0.25, -0.2) is 13.8 Å². The zero-order chi connectivity index (χ0) is 19.0. The second-order valence-electron chi connectivity index (χ2n) is 6.04. The highest BCUT2D eigenvalue weighted by atomic mass is 32.1. The first kappa shape index (κ1) is 17.3. The van der Waals surface area contributed by atoms with Crippen molar-refractivity contribution in [1.29, 1.82) is 0 Å². The third kappa shape index (κ3) is 3.56. The van der Waals surface area contributed by atoms with Crippen LogP contribution in [0.3, 0.4) is 0 Å². The average Bonchev–Trinajstić information content (AvgIpc) is 3.09. The van der Waals surface area contributed by atoms with E-state index in [-0.39, 0.29) is 11.5 Å². The highest BCUT2D eigenvalue weighted by Crippen LogP contribution is 2.30. The molecular weight excluding hydrogens is 372 g/mol. The van der Waals surface area contributed by atoms with E-state index < -0.39 is 17.5 Å². The van der Waals surface area contributed by atoms with Gasteiger partial charge in [0.15, 0.2) is 5.13 Å². The van der Waals surface area contributed by atoms with Crippen LogP contribution in [0.15, 0.2) is 41.8 Å². The Morgan fingerprint density at radius 1 is 1.15 bits per heavy atom. The Hall–Kier alpha value is -3.13. The van der Waals surface area contributed by atoms with E-state index in [1.54, 1.807) is 5.38 Å². The minimum absolute atomic E-state index is 0.00179. The first-order valence-electron chi connectivity index (χ1n) is 8.15. The Labute approximate surface area is 157 Å². The Morgan fingerprint density at radius 3 is 2.81 bits per heavy atom. The number of aromatic nitrogens is 1. The summed E-state index contributed by atoms with van der Waals surface area (Å²) in [6, 6.07) is 8.39. The van der Waals surface area contributed by atoms with Gasteiger partial charge in [-0.3, -0.25) is 14.9 Å². The summed E-state index contributed by atoms with van der Waals surface area (Å²) in [7, 11) is 0. The molecule has 0 saturated heterocycles. The van der Waals surface area contributed by atoms with Gasteiger partial charge in [0, 0.05) is 29.1 Å². The fourth-order valence-electron chi connectivity index (χ4n) is 2.84. The molecule has 0 unspecified atom stereocenters. The Bertz CT molecular complexity index is 1060. The lowest BCUT2D eigenvalue weighted by atomic mass is 9.99. The summed E-state index contributed by atoms with van der Waals surface area (Å²) in [4.78, 5) is 28.0. The number of hydrogen-bond donors (Lipinski definition) is 2. The largest absolute Gasteiger partial charge is 0.326 e. The number of anilines is 2. The van der Waals surface area contributed by atoms with Crippen LogP contribution < -0.4 is 10.6 Å². The van der Waals surface area contributed by atoms with Gasteiger partial charge in [-0.15, -0.1) is 11.3 Å². The van der Waals surface area contributed by atoms with Gasteiger partial charge in [0.25, 0.3) is 5.91 Å². The summed E-state index contributed by atoms with van der Waals surface area (Å²) in [6.07, 6.45) is 1.10. The van der Waals surface area contributed by atoms with Crippen LogP contribution in [0.1, 0.15) is 22.3 Å². The second-order valence-corrected chi connectivity index (χ2v) is 6.89. The predicted octanol–water partition coefficient (Wildman–Crippen LogP) is 4.23. The number of halogens is 2. The van der Waals surface area contributed by atoms with Gasteiger partial charge >= 0.3 is 0 Å². The van der Waals surface area contributed by atoms with E-state index >= 15 is 0 Å². The monoisotopic (exact) mass is 385 g/mol. The number of carbonyl (C=O) groups excluding carboxylic acids is 2. The quantitative estimate of drug-likeness (QED) is 0.709. The van der Waals surface area contributed by atoms with Crippen LogP contribution in [-0.2, 0) is 11.2 Å². The number of amides is 2. The van der Waals surface area contributed by atoms with Gasteiger partial charge in [0.2, 0.25) is 5.91 Å².